The number of methoxy groups -OCH3 is 1. The number of aromatic nitrogens is 1. The Morgan fingerprint density at radius 1 is 1.04 bits per heavy atom. The Balaban J connectivity index is 1.72. The van der Waals surface area contributed by atoms with Crippen molar-refractivity contribution in [3.05, 3.63) is 60.3 Å². The predicted octanol–water partition coefficient (Wildman–Crippen LogP) is 2.12. The van der Waals surface area contributed by atoms with E-state index in [1.165, 1.54) is 7.11 Å². The van der Waals surface area contributed by atoms with Crippen molar-refractivity contribution in [1.29, 1.82) is 0 Å². The first kappa shape index (κ1) is 15.5. The summed E-state index contributed by atoms with van der Waals surface area (Å²) in [6, 6.07) is 15.4. The number of nitrogens with zero attached hydrogens (tertiary/aromatic N) is 3. The van der Waals surface area contributed by atoms with Crippen LogP contribution in [0.5, 0.6) is 0 Å². The Labute approximate surface area is 136 Å². The van der Waals surface area contributed by atoms with Crippen LogP contribution in [0.3, 0.4) is 0 Å². The summed E-state index contributed by atoms with van der Waals surface area (Å²) in [6.45, 7) is 3.28. The number of carbonyl (C=O) groups is 1. The maximum absolute atomic E-state index is 12.3. The summed E-state index contributed by atoms with van der Waals surface area (Å²) in [5.74, 6) is 0.781. The lowest BCUT2D eigenvalue weighted by Gasteiger charge is -2.38. The second-order valence-electron chi connectivity index (χ2n) is 5.55. The second kappa shape index (κ2) is 7.24. The van der Waals surface area contributed by atoms with Gasteiger partial charge in [-0.2, -0.15) is 0 Å². The summed E-state index contributed by atoms with van der Waals surface area (Å²) in [6.07, 6.45) is 1.81. The smallest absolute Gasteiger partial charge is 0.327 e. The second-order valence-corrected chi connectivity index (χ2v) is 5.55. The molecule has 1 aliphatic rings. The number of carbonyl (C=O) groups excluding carboxylic acids is 1. The molecule has 1 saturated heterocycles. The number of pyridine rings is 1. The zero-order valence-corrected chi connectivity index (χ0v) is 13.3. The molecule has 120 valence electrons. The zero-order chi connectivity index (χ0) is 16.1. The standard InChI is InChI=1S/C18H21N3O2/c1-23-18(22)17(15-7-3-2-4-8-15)21-13-11-20(12-14-21)16-9-5-6-10-19-16/h2-10,17H,11-14H2,1H3. The van der Waals surface area contributed by atoms with Gasteiger partial charge in [-0.25, -0.2) is 9.78 Å². The summed E-state index contributed by atoms with van der Waals surface area (Å²) in [7, 11) is 1.45. The van der Waals surface area contributed by atoms with E-state index in [9.17, 15) is 4.79 Å². The SMILES string of the molecule is COC(=O)C(c1ccccc1)N1CCN(c2ccccn2)CC1. The molecule has 2 heterocycles. The predicted molar refractivity (Wildman–Crippen MR) is 89.2 cm³/mol. The van der Waals surface area contributed by atoms with Crippen molar-refractivity contribution in [2.75, 3.05) is 38.2 Å². The van der Waals surface area contributed by atoms with E-state index in [1.54, 1.807) is 0 Å². The molecule has 0 aliphatic carbocycles. The largest absolute Gasteiger partial charge is 0.468 e. The lowest BCUT2D eigenvalue weighted by molar-refractivity contribution is -0.147. The molecule has 0 N–H and O–H groups in total. The van der Waals surface area contributed by atoms with Crippen LogP contribution in [0.15, 0.2) is 54.7 Å². The number of hydrogen-bond acceptors (Lipinski definition) is 5. The molecular weight excluding hydrogens is 290 g/mol. The van der Waals surface area contributed by atoms with Crippen LogP contribution in [-0.2, 0) is 9.53 Å². The molecule has 0 saturated carbocycles. The van der Waals surface area contributed by atoms with Crippen LogP contribution in [0.25, 0.3) is 0 Å². The fraction of sp³-hybridized carbons (Fsp3) is 0.333. The molecule has 1 aliphatic heterocycles. The number of ether oxygens (including phenoxy) is 1. The van der Waals surface area contributed by atoms with E-state index in [0.717, 1.165) is 37.6 Å². The molecule has 1 fully saturated rings. The summed E-state index contributed by atoms with van der Waals surface area (Å²) < 4.78 is 5.02. The Morgan fingerprint density at radius 2 is 1.74 bits per heavy atom. The zero-order valence-electron chi connectivity index (χ0n) is 13.3. The number of benzene rings is 1. The molecule has 3 rings (SSSR count). The molecule has 23 heavy (non-hydrogen) atoms. The lowest BCUT2D eigenvalue weighted by atomic mass is 10.0. The van der Waals surface area contributed by atoms with Crippen LogP contribution in [0.4, 0.5) is 5.82 Å². The van der Waals surface area contributed by atoms with E-state index in [4.69, 9.17) is 4.74 Å². The van der Waals surface area contributed by atoms with Crippen molar-refractivity contribution in [1.82, 2.24) is 9.88 Å². The van der Waals surface area contributed by atoms with Gasteiger partial charge in [-0.15, -0.1) is 0 Å². The molecule has 1 aromatic heterocycles. The third-order valence-corrected chi connectivity index (χ3v) is 4.19. The Morgan fingerprint density at radius 3 is 2.35 bits per heavy atom. The minimum atomic E-state index is -0.341. The number of piperazine rings is 1. The van der Waals surface area contributed by atoms with Crippen LogP contribution in [0, 0.1) is 0 Å². The molecule has 2 aromatic rings. The summed E-state index contributed by atoms with van der Waals surface area (Å²) in [4.78, 5) is 21.1. The van der Waals surface area contributed by atoms with Crippen LogP contribution < -0.4 is 4.90 Å². The van der Waals surface area contributed by atoms with E-state index >= 15 is 0 Å². The van der Waals surface area contributed by atoms with Gasteiger partial charge >= 0.3 is 5.97 Å². The first-order valence-electron chi connectivity index (χ1n) is 7.82. The van der Waals surface area contributed by atoms with Crippen molar-refractivity contribution >= 4 is 11.8 Å². The average Bonchev–Trinajstić information content (AvgIpc) is 2.64. The van der Waals surface area contributed by atoms with Gasteiger partial charge in [0.15, 0.2) is 0 Å². The average molecular weight is 311 g/mol. The van der Waals surface area contributed by atoms with Gasteiger partial charge in [0.25, 0.3) is 0 Å². The normalized spacial score (nSPS) is 16.8. The molecule has 5 nitrogen and oxygen atoms in total. The highest BCUT2D eigenvalue weighted by molar-refractivity contribution is 5.77. The van der Waals surface area contributed by atoms with Crippen LogP contribution in [0.1, 0.15) is 11.6 Å². The Bertz CT molecular complexity index is 625. The van der Waals surface area contributed by atoms with Gasteiger partial charge in [0, 0.05) is 32.4 Å². The molecule has 0 amide bonds. The van der Waals surface area contributed by atoms with E-state index in [0.29, 0.717) is 0 Å². The van der Waals surface area contributed by atoms with Gasteiger partial charge < -0.3 is 9.64 Å². The van der Waals surface area contributed by atoms with Crippen molar-refractivity contribution in [2.24, 2.45) is 0 Å². The maximum Gasteiger partial charge on any atom is 0.327 e. The summed E-state index contributed by atoms with van der Waals surface area (Å²) in [5.41, 5.74) is 0.977. The van der Waals surface area contributed by atoms with Crippen molar-refractivity contribution in [2.45, 2.75) is 6.04 Å². The minimum absolute atomic E-state index is 0.206. The van der Waals surface area contributed by atoms with Gasteiger partial charge in [-0.1, -0.05) is 36.4 Å². The third kappa shape index (κ3) is 3.51. The number of esters is 1. The molecule has 1 aromatic carbocycles. The van der Waals surface area contributed by atoms with E-state index in [-0.39, 0.29) is 12.0 Å². The molecule has 0 spiro atoms. The fourth-order valence-electron chi connectivity index (χ4n) is 2.99. The summed E-state index contributed by atoms with van der Waals surface area (Å²) in [5, 5.41) is 0. The number of anilines is 1. The highest BCUT2D eigenvalue weighted by Crippen LogP contribution is 2.24. The molecule has 0 radical (unpaired) electrons. The highest BCUT2D eigenvalue weighted by atomic mass is 16.5. The highest BCUT2D eigenvalue weighted by Gasteiger charge is 2.31. The molecule has 1 unspecified atom stereocenters. The first-order chi connectivity index (χ1) is 11.3. The van der Waals surface area contributed by atoms with Gasteiger partial charge in [-0.3, -0.25) is 4.90 Å². The minimum Gasteiger partial charge on any atom is -0.468 e. The van der Waals surface area contributed by atoms with E-state index < -0.39 is 0 Å². The number of hydrogen-bond donors (Lipinski definition) is 0. The van der Waals surface area contributed by atoms with Crippen molar-refractivity contribution < 1.29 is 9.53 Å². The molecule has 0 bridgehead atoms. The fourth-order valence-corrected chi connectivity index (χ4v) is 2.99. The van der Waals surface area contributed by atoms with Crippen molar-refractivity contribution in [3.63, 3.8) is 0 Å². The third-order valence-electron chi connectivity index (χ3n) is 4.19. The van der Waals surface area contributed by atoms with Gasteiger partial charge in [0.05, 0.1) is 7.11 Å². The maximum atomic E-state index is 12.3. The summed E-state index contributed by atoms with van der Waals surface area (Å²) >= 11 is 0. The van der Waals surface area contributed by atoms with Gasteiger partial charge in [0.2, 0.25) is 0 Å². The monoisotopic (exact) mass is 311 g/mol. The lowest BCUT2D eigenvalue weighted by Crippen LogP contribution is -2.49. The topological polar surface area (TPSA) is 45.7 Å². The van der Waals surface area contributed by atoms with Crippen LogP contribution in [0.2, 0.25) is 0 Å². The quantitative estimate of drug-likeness (QED) is 0.809. The van der Waals surface area contributed by atoms with Gasteiger partial charge in [-0.05, 0) is 17.7 Å². The Hall–Kier alpha value is -2.40. The van der Waals surface area contributed by atoms with E-state index in [1.807, 2.05) is 54.7 Å². The molecule has 1 atom stereocenters. The van der Waals surface area contributed by atoms with Gasteiger partial charge in [0.1, 0.15) is 11.9 Å². The van der Waals surface area contributed by atoms with Crippen LogP contribution >= 0.6 is 0 Å². The Kier molecular flexibility index (Phi) is 4.88. The molecular formula is C18H21N3O2. The van der Waals surface area contributed by atoms with Crippen LogP contribution in [-0.4, -0.2) is 49.1 Å². The first-order valence-corrected chi connectivity index (χ1v) is 7.82. The van der Waals surface area contributed by atoms with Crippen molar-refractivity contribution in [3.8, 4) is 0 Å². The number of rotatable bonds is 4. The molecule has 5 heteroatoms. The van der Waals surface area contributed by atoms with E-state index in [2.05, 4.69) is 14.8 Å².